The molecule has 0 spiro atoms. The van der Waals surface area contributed by atoms with Crippen LogP contribution in [0.15, 0.2) is 49.1 Å². The number of terminal acetylenes is 1. The van der Waals surface area contributed by atoms with Gasteiger partial charge in [0.15, 0.2) is 23.0 Å². The van der Waals surface area contributed by atoms with E-state index in [4.69, 9.17) is 15.9 Å². The molecule has 9 heteroatoms. The van der Waals surface area contributed by atoms with Crippen LogP contribution in [0.2, 0.25) is 0 Å². The Morgan fingerprint density at radius 1 is 1.00 bits per heavy atom. The zero-order valence-corrected chi connectivity index (χ0v) is 20.1. The number of hydrogen-bond acceptors (Lipinski definition) is 7. The van der Waals surface area contributed by atoms with E-state index in [0.29, 0.717) is 28.3 Å². The van der Waals surface area contributed by atoms with Gasteiger partial charge in [0.2, 0.25) is 0 Å². The minimum absolute atomic E-state index is 0.0146. The molecular formula is C27H21FN6O2. The Morgan fingerprint density at radius 3 is 2.56 bits per heavy atom. The maximum absolute atomic E-state index is 15.3. The highest BCUT2D eigenvalue weighted by molar-refractivity contribution is 6.04. The number of aromatic nitrogens is 6. The maximum Gasteiger partial charge on any atom is 0.322 e. The Balaban J connectivity index is 1.71. The van der Waals surface area contributed by atoms with Crippen LogP contribution in [0.1, 0.15) is 17.1 Å². The van der Waals surface area contributed by atoms with Crippen LogP contribution in [0.25, 0.3) is 33.4 Å². The Kier molecular flexibility index (Phi) is 5.78. The van der Waals surface area contributed by atoms with Crippen molar-refractivity contribution in [3.8, 4) is 52.2 Å². The first kappa shape index (κ1) is 22.9. The third-order valence-corrected chi connectivity index (χ3v) is 5.83. The molecule has 8 nitrogen and oxygen atoms in total. The van der Waals surface area contributed by atoms with Crippen molar-refractivity contribution >= 4 is 11.0 Å². The van der Waals surface area contributed by atoms with Crippen molar-refractivity contribution in [2.75, 3.05) is 7.11 Å². The molecule has 4 heterocycles. The number of benzene rings is 1. The molecule has 0 saturated heterocycles. The highest BCUT2D eigenvalue weighted by Crippen LogP contribution is 2.42. The lowest BCUT2D eigenvalue weighted by Crippen LogP contribution is -1.98. The summed E-state index contributed by atoms with van der Waals surface area (Å²) in [7, 11) is 3.42. The van der Waals surface area contributed by atoms with Crippen molar-refractivity contribution < 1.29 is 13.9 Å². The maximum atomic E-state index is 15.3. The Bertz CT molecular complexity index is 1670. The van der Waals surface area contributed by atoms with Crippen molar-refractivity contribution in [3.05, 3.63) is 72.0 Å². The molecular weight excluding hydrogens is 459 g/mol. The van der Waals surface area contributed by atoms with Gasteiger partial charge >= 0.3 is 6.01 Å². The van der Waals surface area contributed by atoms with Gasteiger partial charge in [-0.15, -0.1) is 6.42 Å². The largest absolute Gasteiger partial charge is 0.494 e. The van der Waals surface area contributed by atoms with Crippen LogP contribution in [0.4, 0.5) is 4.39 Å². The summed E-state index contributed by atoms with van der Waals surface area (Å²) >= 11 is 0. The van der Waals surface area contributed by atoms with Gasteiger partial charge in [-0.25, -0.2) is 29.3 Å². The van der Waals surface area contributed by atoms with E-state index in [1.807, 2.05) is 24.6 Å². The van der Waals surface area contributed by atoms with Crippen molar-refractivity contribution in [1.82, 2.24) is 29.5 Å². The highest BCUT2D eigenvalue weighted by atomic mass is 19.1. The molecule has 0 N–H and O–H groups in total. The van der Waals surface area contributed by atoms with Gasteiger partial charge in [-0.2, -0.15) is 0 Å². The summed E-state index contributed by atoms with van der Waals surface area (Å²) in [5, 5.41) is 0.796. The highest BCUT2D eigenvalue weighted by Gasteiger charge is 2.23. The first-order valence-corrected chi connectivity index (χ1v) is 11.0. The molecule has 0 atom stereocenters. The van der Waals surface area contributed by atoms with E-state index in [1.165, 1.54) is 19.5 Å². The number of methoxy groups -OCH3 is 1. The van der Waals surface area contributed by atoms with E-state index in [0.717, 1.165) is 27.9 Å². The predicted molar refractivity (Wildman–Crippen MR) is 133 cm³/mol. The van der Waals surface area contributed by atoms with E-state index in [9.17, 15) is 0 Å². The van der Waals surface area contributed by atoms with E-state index >= 15 is 4.39 Å². The minimum atomic E-state index is -0.562. The smallest absolute Gasteiger partial charge is 0.322 e. The predicted octanol–water partition coefficient (Wildman–Crippen LogP) is 5.03. The fourth-order valence-electron chi connectivity index (χ4n) is 4.17. The average Bonchev–Trinajstić information content (AvgIpc) is 3.18. The molecule has 0 aliphatic carbocycles. The Hall–Kier alpha value is -4.84. The Morgan fingerprint density at radius 2 is 1.83 bits per heavy atom. The number of fused-ring (bicyclic) bond motifs is 1. The van der Waals surface area contributed by atoms with Crippen molar-refractivity contribution in [1.29, 1.82) is 0 Å². The fraction of sp³-hybridized carbons (Fsp3) is 0.148. The van der Waals surface area contributed by atoms with Gasteiger partial charge in [0.05, 0.1) is 18.5 Å². The topological polar surface area (TPSA) is 87.8 Å². The molecule has 1 aromatic carbocycles. The molecule has 0 amide bonds. The van der Waals surface area contributed by atoms with Gasteiger partial charge in [-0.3, -0.25) is 0 Å². The molecule has 0 unspecified atom stereocenters. The summed E-state index contributed by atoms with van der Waals surface area (Å²) < 4.78 is 28.3. The average molecular weight is 481 g/mol. The van der Waals surface area contributed by atoms with E-state index in [-0.39, 0.29) is 11.8 Å². The van der Waals surface area contributed by atoms with Gasteiger partial charge in [0.1, 0.15) is 12.0 Å². The van der Waals surface area contributed by atoms with Crippen molar-refractivity contribution in [2.45, 2.75) is 13.8 Å². The number of halogens is 1. The number of aryl methyl sites for hydroxylation is 3. The SMILES string of the molecule is C#Cc1ncc(-c2c(-c3ccc(Oc4nccc(C)n4)c(F)c3)c3c(C)ncnc3n2C)cc1OC. The molecule has 0 saturated carbocycles. The lowest BCUT2D eigenvalue weighted by Gasteiger charge is -2.12. The molecule has 0 radical (unpaired) electrons. The summed E-state index contributed by atoms with van der Waals surface area (Å²) in [5.41, 5.74) is 5.42. The second-order valence-electron chi connectivity index (χ2n) is 8.09. The third kappa shape index (κ3) is 3.88. The van der Waals surface area contributed by atoms with Gasteiger partial charge < -0.3 is 14.0 Å². The van der Waals surface area contributed by atoms with Crippen LogP contribution >= 0.6 is 0 Å². The lowest BCUT2D eigenvalue weighted by atomic mass is 9.98. The van der Waals surface area contributed by atoms with Crippen LogP contribution in [-0.4, -0.2) is 36.6 Å². The molecule has 4 aromatic heterocycles. The summed E-state index contributed by atoms with van der Waals surface area (Å²) in [5.74, 6) is 2.43. The van der Waals surface area contributed by atoms with Crippen LogP contribution in [0, 0.1) is 32.0 Å². The monoisotopic (exact) mass is 480 g/mol. The standard InChI is InChI=1S/C27H21FN6O2/c1-6-20-22(35-5)12-18(13-30-20)25-24(23-16(3)31-14-32-26(23)34(25)4)17-7-8-21(19(28)11-17)36-27-29-10-9-15(2)33-27/h1,7-14H,2-5H3. The second kappa shape index (κ2) is 9.07. The first-order valence-electron chi connectivity index (χ1n) is 11.0. The molecule has 0 bridgehead atoms. The molecule has 5 rings (SSSR count). The molecule has 0 aliphatic heterocycles. The first-order chi connectivity index (χ1) is 17.4. The van der Waals surface area contributed by atoms with Crippen LogP contribution in [0.5, 0.6) is 17.5 Å². The van der Waals surface area contributed by atoms with Gasteiger partial charge in [0.25, 0.3) is 0 Å². The van der Waals surface area contributed by atoms with Crippen molar-refractivity contribution in [3.63, 3.8) is 0 Å². The van der Waals surface area contributed by atoms with E-state index < -0.39 is 5.82 Å². The number of pyridine rings is 1. The summed E-state index contributed by atoms with van der Waals surface area (Å²) in [6, 6.07) is 8.36. The zero-order chi connectivity index (χ0) is 25.4. The summed E-state index contributed by atoms with van der Waals surface area (Å²) in [6.45, 7) is 3.70. The van der Waals surface area contributed by atoms with Crippen LogP contribution in [0.3, 0.4) is 0 Å². The number of nitrogens with zero attached hydrogens (tertiary/aromatic N) is 6. The van der Waals surface area contributed by atoms with Crippen LogP contribution < -0.4 is 9.47 Å². The molecule has 0 fully saturated rings. The zero-order valence-electron chi connectivity index (χ0n) is 20.1. The minimum Gasteiger partial charge on any atom is -0.494 e. The third-order valence-electron chi connectivity index (χ3n) is 5.83. The van der Waals surface area contributed by atoms with Gasteiger partial charge in [-0.1, -0.05) is 6.07 Å². The Labute approximate surface area is 206 Å². The second-order valence-corrected chi connectivity index (χ2v) is 8.09. The van der Waals surface area contributed by atoms with Crippen molar-refractivity contribution in [2.24, 2.45) is 7.05 Å². The van der Waals surface area contributed by atoms with E-state index in [2.05, 4.69) is 30.8 Å². The molecule has 5 aromatic rings. The molecule has 0 aliphatic rings. The summed E-state index contributed by atoms with van der Waals surface area (Å²) in [4.78, 5) is 21.5. The number of ether oxygens (including phenoxy) is 2. The van der Waals surface area contributed by atoms with E-state index in [1.54, 1.807) is 37.5 Å². The molecule has 178 valence electrons. The lowest BCUT2D eigenvalue weighted by molar-refractivity contribution is 0.410. The normalized spacial score (nSPS) is 10.9. The number of hydrogen-bond donors (Lipinski definition) is 0. The van der Waals surface area contributed by atoms with Gasteiger partial charge in [-0.05, 0) is 49.6 Å². The summed E-state index contributed by atoms with van der Waals surface area (Å²) in [6.07, 6.45) is 10.3. The quantitative estimate of drug-likeness (QED) is 0.326. The van der Waals surface area contributed by atoms with Gasteiger partial charge in [0, 0.05) is 41.6 Å². The molecule has 36 heavy (non-hydrogen) atoms. The van der Waals surface area contributed by atoms with Crippen LogP contribution in [-0.2, 0) is 7.05 Å². The fourth-order valence-corrected chi connectivity index (χ4v) is 4.17. The number of rotatable bonds is 5.